The molecule has 2 aromatic rings. The first-order chi connectivity index (χ1) is 9.47. The monoisotopic (exact) mass is 270 g/mol. The van der Waals surface area contributed by atoms with Crippen molar-refractivity contribution in [3.8, 4) is 5.75 Å². The fourth-order valence-electron chi connectivity index (χ4n) is 2.19. The number of benzene rings is 1. The van der Waals surface area contributed by atoms with Crippen LogP contribution in [0.3, 0.4) is 0 Å². The fourth-order valence-corrected chi connectivity index (χ4v) is 2.19. The van der Waals surface area contributed by atoms with Crippen molar-refractivity contribution in [1.82, 2.24) is 4.98 Å². The van der Waals surface area contributed by atoms with Gasteiger partial charge in [0, 0.05) is 12.2 Å². The molecule has 2 N–H and O–H groups in total. The Bertz CT molecular complexity index is 608. The maximum atomic E-state index is 9.78. The summed E-state index contributed by atoms with van der Waals surface area (Å²) in [5.74, 6) is 0.685. The van der Waals surface area contributed by atoms with Crippen molar-refractivity contribution in [2.75, 3.05) is 11.9 Å². The third kappa shape index (κ3) is 3.29. The zero-order valence-electron chi connectivity index (χ0n) is 12.6. The molecule has 0 aliphatic carbocycles. The van der Waals surface area contributed by atoms with Gasteiger partial charge in [0.1, 0.15) is 5.75 Å². The number of aromatic nitrogens is 1. The highest BCUT2D eigenvalue weighted by Gasteiger charge is 2.08. The number of aryl methyl sites for hydroxylation is 3. The largest absolute Gasteiger partial charge is 0.508 e. The number of phenolic OH excluding ortho intramolecular Hbond substituents is 1. The van der Waals surface area contributed by atoms with Crippen LogP contribution in [0.25, 0.3) is 0 Å². The third-order valence-corrected chi connectivity index (χ3v) is 3.63. The maximum Gasteiger partial charge on any atom is 0.118 e. The van der Waals surface area contributed by atoms with E-state index in [0.717, 1.165) is 34.7 Å². The Kier molecular flexibility index (Phi) is 4.28. The first kappa shape index (κ1) is 14.4. The van der Waals surface area contributed by atoms with Crippen molar-refractivity contribution in [2.45, 2.75) is 33.6 Å². The van der Waals surface area contributed by atoms with Crippen molar-refractivity contribution in [2.24, 2.45) is 0 Å². The van der Waals surface area contributed by atoms with Crippen molar-refractivity contribution >= 4 is 5.69 Å². The van der Waals surface area contributed by atoms with Gasteiger partial charge >= 0.3 is 0 Å². The highest BCUT2D eigenvalue weighted by molar-refractivity contribution is 5.48. The maximum absolute atomic E-state index is 9.78. The van der Waals surface area contributed by atoms with Crippen LogP contribution >= 0.6 is 0 Å². The predicted molar refractivity (Wildman–Crippen MR) is 83.5 cm³/mol. The third-order valence-electron chi connectivity index (χ3n) is 3.63. The van der Waals surface area contributed by atoms with Gasteiger partial charge in [-0.05, 0) is 56.0 Å². The number of phenols is 1. The van der Waals surface area contributed by atoms with Crippen molar-refractivity contribution in [3.63, 3.8) is 0 Å². The molecular weight excluding hydrogens is 248 g/mol. The van der Waals surface area contributed by atoms with Gasteiger partial charge in [-0.15, -0.1) is 0 Å². The number of hydrogen-bond acceptors (Lipinski definition) is 3. The van der Waals surface area contributed by atoms with Crippen LogP contribution in [0.5, 0.6) is 5.75 Å². The van der Waals surface area contributed by atoms with Crippen LogP contribution in [0.15, 0.2) is 30.3 Å². The molecule has 20 heavy (non-hydrogen) atoms. The molecular formula is C17H22N2O. The summed E-state index contributed by atoms with van der Waals surface area (Å²) in [6.45, 7) is 8.87. The van der Waals surface area contributed by atoms with Gasteiger partial charge in [0.25, 0.3) is 0 Å². The quantitative estimate of drug-likeness (QED) is 0.885. The van der Waals surface area contributed by atoms with E-state index in [4.69, 9.17) is 0 Å². The van der Waals surface area contributed by atoms with Gasteiger partial charge in [-0.25, -0.2) is 0 Å². The average molecular weight is 270 g/mol. The number of rotatable bonds is 4. The Balaban J connectivity index is 2.04. The predicted octanol–water partition coefficient (Wildman–Crippen LogP) is 3.93. The number of anilines is 1. The molecule has 1 heterocycles. The normalized spacial score (nSPS) is 12.2. The Morgan fingerprint density at radius 1 is 1.15 bits per heavy atom. The second-order valence-electron chi connectivity index (χ2n) is 5.41. The van der Waals surface area contributed by atoms with E-state index >= 15 is 0 Å². The number of pyridine rings is 1. The second kappa shape index (κ2) is 5.95. The summed E-state index contributed by atoms with van der Waals surface area (Å²) < 4.78 is 0. The van der Waals surface area contributed by atoms with Crippen LogP contribution < -0.4 is 5.32 Å². The van der Waals surface area contributed by atoms with E-state index in [1.807, 2.05) is 39.0 Å². The lowest BCUT2D eigenvalue weighted by Gasteiger charge is -2.16. The summed E-state index contributed by atoms with van der Waals surface area (Å²) in [7, 11) is 0. The number of aromatic hydroxyl groups is 1. The van der Waals surface area contributed by atoms with Crippen LogP contribution in [0.1, 0.15) is 35.4 Å². The molecule has 1 aromatic heterocycles. The Labute approximate surface area is 120 Å². The molecule has 0 aliphatic heterocycles. The van der Waals surface area contributed by atoms with Crippen molar-refractivity contribution in [1.29, 1.82) is 0 Å². The van der Waals surface area contributed by atoms with Gasteiger partial charge in [0.15, 0.2) is 0 Å². The Morgan fingerprint density at radius 2 is 1.90 bits per heavy atom. The highest BCUT2D eigenvalue weighted by atomic mass is 16.3. The zero-order chi connectivity index (χ0) is 14.7. The fraction of sp³-hybridized carbons (Fsp3) is 0.353. The first-order valence-corrected chi connectivity index (χ1v) is 6.95. The second-order valence-corrected chi connectivity index (χ2v) is 5.41. The summed E-state index contributed by atoms with van der Waals surface area (Å²) in [5, 5.41) is 13.2. The molecule has 0 aliphatic rings. The van der Waals surface area contributed by atoms with Gasteiger partial charge in [-0.2, -0.15) is 0 Å². The Hall–Kier alpha value is -2.03. The molecule has 0 bridgehead atoms. The summed E-state index contributed by atoms with van der Waals surface area (Å²) in [6.07, 6.45) is 0. The number of nitrogens with one attached hydrogen (secondary N) is 1. The van der Waals surface area contributed by atoms with Gasteiger partial charge < -0.3 is 10.4 Å². The van der Waals surface area contributed by atoms with E-state index in [0.29, 0.717) is 11.7 Å². The molecule has 0 fully saturated rings. The molecule has 3 nitrogen and oxygen atoms in total. The van der Waals surface area contributed by atoms with Crippen LogP contribution in [0.4, 0.5) is 5.69 Å². The molecule has 3 heteroatoms. The summed E-state index contributed by atoms with van der Waals surface area (Å²) in [5.41, 5.74) is 5.16. The average Bonchev–Trinajstić information content (AvgIpc) is 2.40. The van der Waals surface area contributed by atoms with Gasteiger partial charge in [0.05, 0.1) is 11.4 Å². The van der Waals surface area contributed by atoms with Crippen molar-refractivity contribution in [3.05, 3.63) is 52.8 Å². The molecule has 0 amide bonds. The lowest BCUT2D eigenvalue weighted by Crippen LogP contribution is -2.11. The van der Waals surface area contributed by atoms with E-state index in [-0.39, 0.29) is 0 Å². The zero-order valence-corrected chi connectivity index (χ0v) is 12.6. The molecule has 0 saturated heterocycles. The van der Waals surface area contributed by atoms with Gasteiger partial charge in [-0.3, -0.25) is 4.98 Å². The van der Waals surface area contributed by atoms with E-state index < -0.39 is 0 Å². The molecule has 1 atom stereocenters. The first-order valence-electron chi connectivity index (χ1n) is 6.95. The summed E-state index contributed by atoms with van der Waals surface area (Å²) >= 11 is 0. The minimum atomic E-state index is 0.321. The lowest BCUT2D eigenvalue weighted by molar-refractivity contribution is 0.470. The van der Waals surface area contributed by atoms with Crippen LogP contribution in [-0.4, -0.2) is 16.6 Å². The topological polar surface area (TPSA) is 45.1 Å². The van der Waals surface area contributed by atoms with E-state index in [2.05, 4.69) is 29.4 Å². The van der Waals surface area contributed by atoms with Crippen LogP contribution in [0, 0.1) is 20.8 Å². The van der Waals surface area contributed by atoms with E-state index in [9.17, 15) is 5.11 Å². The summed E-state index contributed by atoms with van der Waals surface area (Å²) in [6, 6.07) is 9.96. The van der Waals surface area contributed by atoms with E-state index in [1.165, 1.54) is 0 Å². The Morgan fingerprint density at radius 3 is 2.55 bits per heavy atom. The number of nitrogens with zero attached hydrogens (tertiary/aromatic N) is 1. The number of hydrogen-bond donors (Lipinski definition) is 2. The molecule has 106 valence electrons. The lowest BCUT2D eigenvalue weighted by atomic mass is 9.99. The van der Waals surface area contributed by atoms with E-state index in [1.54, 1.807) is 0 Å². The van der Waals surface area contributed by atoms with Gasteiger partial charge in [0.2, 0.25) is 0 Å². The van der Waals surface area contributed by atoms with Crippen molar-refractivity contribution < 1.29 is 5.11 Å². The molecule has 0 saturated carbocycles. The molecule has 0 radical (unpaired) electrons. The minimum Gasteiger partial charge on any atom is -0.508 e. The molecule has 1 unspecified atom stereocenters. The smallest absolute Gasteiger partial charge is 0.118 e. The van der Waals surface area contributed by atoms with Crippen LogP contribution in [0.2, 0.25) is 0 Å². The molecule has 0 spiro atoms. The summed E-state index contributed by atoms with van der Waals surface area (Å²) in [4.78, 5) is 4.45. The SMILES string of the molecule is Cc1ccc(NCC(C)c2ccc(C)c(O)c2)c(C)n1. The standard InChI is InChI=1S/C17H22N2O/c1-11-5-7-15(9-17(11)20)12(2)10-18-16-8-6-13(3)19-14(16)4/h5-9,12,18,20H,10H2,1-4H3. The highest BCUT2D eigenvalue weighted by Crippen LogP contribution is 2.24. The molecule has 1 aromatic carbocycles. The van der Waals surface area contributed by atoms with Gasteiger partial charge in [-0.1, -0.05) is 19.1 Å². The van der Waals surface area contributed by atoms with Crippen LogP contribution in [-0.2, 0) is 0 Å². The molecule has 2 rings (SSSR count). The minimum absolute atomic E-state index is 0.321.